The van der Waals surface area contributed by atoms with Crippen LogP contribution in [0.5, 0.6) is 5.75 Å². The van der Waals surface area contributed by atoms with E-state index in [4.69, 9.17) is 15.2 Å². The van der Waals surface area contributed by atoms with E-state index in [0.717, 1.165) is 44.6 Å². The summed E-state index contributed by atoms with van der Waals surface area (Å²) in [5.74, 6) is 1.11. The maximum absolute atomic E-state index is 13.6. The van der Waals surface area contributed by atoms with E-state index >= 15 is 0 Å². The van der Waals surface area contributed by atoms with E-state index in [0.29, 0.717) is 30.5 Å². The highest BCUT2D eigenvalue weighted by atomic mass is 16.5. The molecule has 1 saturated carbocycles. The molecule has 6 rings (SSSR count). The minimum atomic E-state index is -0.361. The quantitative estimate of drug-likeness (QED) is 0.207. The number of carbonyl (C=O) groups excluding carboxylic acids is 1. The van der Waals surface area contributed by atoms with Gasteiger partial charge in [-0.05, 0) is 84.0 Å². The van der Waals surface area contributed by atoms with E-state index in [-0.39, 0.29) is 12.0 Å². The van der Waals surface area contributed by atoms with Crippen LogP contribution >= 0.6 is 0 Å². The van der Waals surface area contributed by atoms with Crippen LogP contribution in [0.25, 0.3) is 16.5 Å². The fourth-order valence-corrected chi connectivity index (χ4v) is 5.23. The van der Waals surface area contributed by atoms with Crippen molar-refractivity contribution < 1.29 is 14.3 Å². The van der Waals surface area contributed by atoms with E-state index in [9.17, 15) is 4.79 Å². The number of aryl methyl sites for hydroxylation is 1. The Bertz CT molecular complexity index is 1710. The summed E-state index contributed by atoms with van der Waals surface area (Å²) in [5.41, 5.74) is 11.4. The molecule has 1 unspecified atom stereocenters. The molecule has 0 saturated heterocycles. The number of fused-ring (bicyclic) bond motifs is 1. The van der Waals surface area contributed by atoms with Gasteiger partial charge in [-0.3, -0.25) is 4.79 Å². The summed E-state index contributed by atoms with van der Waals surface area (Å²) < 4.78 is 14.1. The maximum atomic E-state index is 13.6. The fraction of sp³-hybridized carbons (Fsp3) is 0.235. The average Bonchev–Trinajstić information content (AvgIpc) is 3.75. The summed E-state index contributed by atoms with van der Waals surface area (Å²) in [5, 5.41) is 9.87. The first-order valence-corrected chi connectivity index (χ1v) is 14.0. The van der Waals surface area contributed by atoms with Gasteiger partial charge in [0, 0.05) is 17.8 Å². The van der Waals surface area contributed by atoms with Crippen LogP contribution < -0.4 is 15.8 Å². The molecule has 0 radical (unpaired) electrons. The number of benzene rings is 4. The molecule has 1 amide bonds. The molecule has 1 fully saturated rings. The van der Waals surface area contributed by atoms with Crippen molar-refractivity contribution in [2.24, 2.45) is 11.7 Å². The summed E-state index contributed by atoms with van der Waals surface area (Å²) >= 11 is 0. The summed E-state index contributed by atoms with van der Waals surface area (Å²) in [7, 11) is 1.69. The number of rotatable bonds is 10. The Hall–Kier alpha value is -4.46. The van der Waals surface area contributed by atoms with Crippen molar-refractivity contribution in [2.45, 2.75) is 32.4 Å². The Kier molecular flexibility index (Phi) is 7.55. The van der Waals surface area contributed by atoms with E-state index in [1.54, 1.807) is 17.9 Å². The molecule has 1 aromatic heterocycles. The van der Waals surface area contributed by atoms with Crippen molar-refractivity contribution in [1.29, 1.82) is 0 Å². The van der Waals surface area contributed by atoms with E-state index < -0.39 is 0 Å². The van der Waals surface area contributed by atoms with Crippen LogP contribution in [-0.4, -0.2) is 29.4 Å². The molecular formula is C34H34N4O3. The normalized spacial score (nSPS) is 13.7. The lowest BCUT2D eigenvalue weighted by atomic mass is 9.94. The molecule has 0 bridgehead atoms. The maximum Gasteiger partial charge on any atom is 0.274 e. The van der Waals surface area contributed by atoms with Gasteiger partial charge in [0.15, 0.2) is 0 Å². The second-order valence-corrected chi connectivity index (χ2v) is 10.6. The first kappa shape index (κ1) is 26.7. The Morgan fingerprint density at radius 1 is 1.02 bits per heavy atom. The second kappa shape index (κ2) is 11.6. The molecule has 0 aliphatic heterocycles. The lowest BCUT2D eigenvalue weighted by Gasteiger charge is -2.23. The van der Waals surface area contributed by atoms with Crippen LogP contribution in [0.3, 0.4) is 0 Å². The smallest absolute Gasteiger partial charge is 0.274 e. The molecule has 41 heavy (non-hydrogen) atoms. The predicted octanol–water partition coefficient (Wildman–Crippen LogP) is 6.57. The zero-order valence-corrected chi connectivity index (χ0v) is 23.3. The Balaban J connectivity index is 1.34. The molecule has 1 atom stereocenters. The summed E-state index contributed by atoms with van der Waals surface area (Å²) in [6.07, 6.45) is 2.02. The number of hydrogen-bond donors (Lipinski definition) is 2. The number of anilines is 1. The van der Waals surface area contributed by atoms with Crippen LogP contribution in [0.2, 0.25) is 0 Å². The highest BCUT2D eigenvalue weighted by Gasteiger charge is 2.27. The fourth-order valence-electron chi connectivity index (χ4n) is 5.23. The molecule has 1 heterocycles. The second-order valence-electron chi connectivity index (χ2n) is 10.6. The van der Waals surface area contributed by atoms with Crippen LogP contribution in [0.15, 0.2) is 91.0 Å². The molecule has 208 valence electrons. The number of ether oxygens (including phenoxy) is 2. The lowest BCUT2D eigenvalue weighted by molar-refractivity contribution is 0.0711. The molecule has 1 aliphatic rings. The third kappa shape index (κ3) is 5.73. The van der Waals surface area contributed by atoms with Gasteiger partial charge in [0.25, 0.3) is 5.91 Å². The monoisotopic (exact) mass is 546 g/mol. The van der Waals surface area contributed by atoms with Gasteiger partial charge in [-0.1, -0.05) is 54.6 Å². The Labute approximate surface area is 239 Å². The molecule has 7 nitrogen and oxygen atoms in total. The molecule has 1 aliphatic carbocycles. The van der Waals surface area contributed by atoms with Crippen LogP contribution in [0, 0.1) is 12.8 Å². The number of hydrogen-bond acceptors (Lipinski definition) is 5. The van der Waals surface area contributed by atoms with Crippen molar-refractivity contribution in [2.75, 3.05) is 19.0 Å². The van der Waals surface area contributed by atoms with Crippen LogP contribution in [0.1, 0.15) is 51.8 Å². The molecule has 3 N–H and O–H groups in total. The van der Waals surface area contributed by atoms with Gasteiger partial charge < -0.3 is 20.5 Å². The van der Waals surface area contributed by atoms with Gasteiger partial charge >= 0.3 is 0 Å². The lowest BCUT2D eigenvalue weighted by Crippen LogP contribution is -2.17. The average molecular weight is 547 g/mol. The van der Waals surface area contributed by atoms with Gasteiger partial charge in [-0.25, -0.2) is 4.68 Å². The topological polar surface area (TPSA) is 91.4 Å². The van der Waals surface area contributed by atoms with Gasteiger partial charge in [0.1, 0.15) is 17.5 Å². The largest absolute Gasteiger partial charge is 0.496 e. The Morgan fingerprint density at radius 2 is 1.85 bits per heavy atom. The van der Waals surface area contributed by atoms with E-state index in [1.807, 2.05) is 73.7 Å². The van der Waals surface area contributed by atoms with Crippen molar-refractivity contribution in [1.82, 2.24) is 9.78 Å². The molecule has 7 heteroatoms. The first-order valence-electron chi connectivity index (χ1n) is 14.0. The zero-order chi connectivity index (χ0) is 28.3. The van der Waals surface area contributed by atoms with Gasteiger partial charge in [0.05, 0.1) is 25.1 Å². The SMILES string of the molecule is COc1ccc2ccccc2c1C(OCC1CC1)c1cccc(NC(=O)c2cc(C)nn2-c2cccc(CN)c2)c1. The summed E-state index contributed by atoms with van der Waals surface area (Å²) in [6, 6.07) is 29.7. The van der Waals surface area contributed by atoms with Gasteiger partial charge in [0.2, 0.25) is 0 Å². The zero-order valence-electron chi connectivity index (χ0n) is 23.3. The van der Waals surface area contributed by atoms with Gasteiger partial charge in [-0.15, -0.1) is 0 Å². The van der Waals surface area contributed by atoms with E-state index in [1.165, 1.54) is 12.8 Å². The highest BCUT2D eigenvalue weighted by molar-refractivity contribution is 6.03. The number of amides is 1. The van der Waals surface area contributed by atoms with Crippen LogP contribution in [-0.2, 0) is 11.3 Å². The molecular weight excluding hydrogens is 512 g/mol. The third-order valence-corrected chi connectivity index (χ3v) is 7.51. The minimum absolute atomic E-state index is 0.251. The van der Waals surface area contributed by atoms with E-state index in [2.05, 4.69) is 28.6 Å². The summed E-state index contributed by atoms with van der Waals surface area (Å²) in [6.45, 7) is 2.96. The minimum Gasteiger partial charge on any atom is -0.496 e. The van der Waals surface area contributed by atoms with Crippen molar-refractivity contribution in [3.63, 3.8) is 0 Å². The number of nitrogens with two attached hydrogens (primary N) is 1. The molecule has 5 aromatic rings. The molecule has 0 spiro atoms. The first-order chi connectivity index (χ1) is 20.0. The van der Waals surface area contributed by atoms with Gasteiger partial charge in [-0.2, -0.15) is 5.10 Å². The standard InChI is InChI=1S/C34H34N4O3/c1-22-17-30(38(37-22)28-11-5-7-24(18-28)20-35)34(39)36-27-10-6-9-26(19-27)33(41-21-23-13-14-23)32-29-12-4-3-8-25(29)15-16-31(32)40-2/h3-12,15-19,23,33H,13-14,20-21,35H2,1-2H3,(H,36,39). The predicted molar refractivity (Wildman–Crippen MR) is 162 cm³/mol. The number of nitrogens with one attached hydrogen (secondary N) is 1. The third-order valence-electron chi connectivity index (χ3n) is 7.51. The van der Waals surface area contributed by atoms with Crippen molar-refractivity contribution in [3.8, 4) is 11.4 Å². The summed E-state index contributed by atoms with van der Waals surface area (Å²) in [4.78, 5) is 13.6. The van der Waals surface area contributed by atoms with Crippen molar-refractivity contribution >= 4 is 22.4 Å². The Morgan fingerprint density at radius 3 is 2.66 bits per heavy atom. The van der Waals surface area contributed by atoms with Crippen molar-refractivity contribution in [3.05, 3.63) is 119 Å². The number of methoxy groups -OCH3 is 1. The number of carbonyl (C=O) groups is 1. The highest BCUT2D eigenvalue weighted by Crippen LogP contribution is 2.41. The van der Waals surface area contributed by atoms with Crippen LogP contribution in [0.4, 0.5) is 5.69 Å². The number of nitrogens with zero attached hydrogens (tertiary/aromatic N) is 2. The number of aromatic nitrogens is 2. The molecule has 4 aromatic carbocycles.